The summed E-state index contributed by atoms with van der Waals surface area (Å²) in [5.74, 6) is 0.735. The van der Waals surface area contributed by atoms with Gasteiger partial charge in [0.2, 0.25) is 0 Å². The fraction of sp³-hybridized carbons (Fsp3) is 0.118. The molecule has 2 N–H and O–H groups in total. The molecule has 0 aliphatic heterocycles. The number of hydrogen-bond donors (Lipinski definition) is 1. The van der Waals surface area contributed by atoms with Crippen LogP contribution >= 0.6 is 11.6 Å². The molecule has 21 heavy (non-hydrogen) atoms. The first kappa shape index (κ1) is 13.9. The van der Waals surface area contributed by atoms with Gasteiger partial charge in [0, 0.05) is 23.2 Å². The molecule has 1 heterocycles. The Kier molecular flexibility index (Phi) is 4.04. The van der Waals surface area contributed by atoms with E-state index in [1.165, 1.54) is 0 Å². The maximum Gasteiger partial charge on any atom is 0.146 e. The third kappa shape index (κ3) is 2.99. The van der Waals surface area contributed by atoms with E-state index in [2.05, 4.69) is 4.98 Å². The molecule has 3 aromatic rings. The van der Waals surface area contributed by atoms with E-state index >= 15 is 0 Å². The minimum Gasteiger partial charge on any atom is -0.482 e. The molecule has 0 aliphatic rings. The summed E-state index contributed by atoms with van der Waals surface area (Å²) in [4.78, 5) is 4.39. The van der Waals surface area contributed by atoms with Crippen molar-refractivity contribution >= 4 is 22.5 Å². The van der Waals surface area contributed by atoms with Gasteiger partial charge >= 0.3 is 0 Å². The molecule has 0 aliphatic carbocycles. The minimum absolute atomic E-state index is 0.227. The number of nitrogens with two attached hydrogens (primary N) is 1. The first-order valence-electron chi connectivity index (χ1n) is 6.74. The topological polar surface area (TPSA) is 48.1 Å². The van der Waals surface area contributed by atoms with Crippen molar-refractivity contribution in [2.45, 2.75) is 6.10 Å². The molecule has 1 unspecified atom stereocenters. The zero-order chi connectivity index (χ0) is 14.7. The van der Waals surface area contributed by atoms with Gasteiger partial charge in [-0.15, -0.1) is 0 Å². The number of halogens is 1. The second-order valence-corrected chi connectivity index (χ2v) is 5.16. The number of fused-ring (bicyclic) bond motifs is 1. The number of aromatic nitrogens is 1. The lowest BCUT2D eigenvalue weighted by Crippen LogP contribution is -2.18. The predicted octanol–water partition coefficient (Wildman–Crippen LogP) is 3.97. The zero-order valence-corrected chi connectivity index (χ0v) is 12.1. The van der Waals surface area contributed by atoms with E-state index in [9.17, 15) is 0 Å². The second-order valence-electron chi connectivity index (χ2n) is 4.73. The lowest BCUT2D eigenvalue weighted by atomic mass is 10.1. The van der Waals surface area contributed by atoms with Gasteiger partial charge in [0.1, 0.15) is 17.4 Å². The van der Waals surface area contributed by atoms with Crippen molar-refractivity contribution in [2.24, 2.45) is 5.73 Å². The normalized spacial score (nSPS) is 12.3. The Bertz CT molecular complexity index is 738. The highest BCUT2D eigenvalue weighted by atomic mass is 35.5. The third-order valence-corrected chi connectivity index (χ3v) is 3.57. The first-order valence-corrected chi connectivity index (χ1v) is 7.11. The molecule has 106 valence electrons. The average molecular weight is 299 g/mol. The number of benzene rings is 2. The monoisotopic (exact) mass is 298 g/mol. The fourth-order valence-electron chi connectivity index (χ4n) is 2.25. The van der Waals surface area contributed by atoms with Gasteiger partial charge in [-0.3, -0.25) is 4.98 Å². The van der Waals surface area contributed by atoms with Crippen molar-refractivity contribution in [2.75, 3.05) is 6.54 Å². The maximum atomic E-state index is 6.07. The van der Waals surface area contributed by atoms with E-state index in [1.807, 2.05) is 54.6 Å². The molecular formula is C17H15ClN2O. The van der Waals surface area contributed by atoms with E-state index in [1.54, 1.807) is 6.20 Å². The molecule has 3 rings (SSSR count). The quantitative estimate of drug-likeness (QED) is 0.793. The Hall–Kier alpha value is -2.10. The summed E-state index contributed by atoms with van der Waals surface area (Å²) in [5, 5.41) is 1.74. The Morgan fingerprint density at radius 2 is 1.81 bits per heavy atom. The molecule has 0 radical (unpaired) electrons. The van der Waals surface area contributed by atoms with E-state index in [4.69, 9.17) is 22.1 Å². The summed E-state index contributed by atoms with van der Waals surface area (Å²) in [6.07, 6.45) is 1.53. The van der Waals surface area contributed by atoms with Gasteiger partial charge in [-0.25, -0.2) is 0 Å². The summed E-state index contributed by atoms with van der Waals surface area (Å²) in [6.45, 7) is 0.380. The van der Waals surface area contributed by atoms with Gasteiger partial charge in [-0.05, 0) is 29.8 Å². The fourth-order valence-corrected chi connectivity index (χ4v) is 2.38. The van der Waals surface area contributed by atoms with Gasteiger partial charge in [-0.1, -0.05) is 41.9 Å². The number of pyridine rings is 1. The highest BCUT2D eigenvalue weighted by Crippen LogP contribution is 2.28. The summed E-state index contributed by atoms with van der Waals surface area (Å²) in [7, 11) is 0. The Morgan fingerprint density at radius 1 is 1.05 bits per heavy atom. The second kappa shape index (κ2) is 6.12. The highest BCUT2D eigenvalue weighted by Gasteiger charge is 2.13. The van der Waals surface area contributed by atoms with Crippen LogP contribution in [0.1, 0.15) is 11.7 Å². The highest BCUT2D eigenvalue weighted by molar-refractivity contribution is 6.30. The number of para-hydroxylation sites is 1. The van der Waals surface area contributed by atoms with Crippen LogP contribution in [0.25, 0.3) is 10.9 Å². The Balaban J connectivity index is 1.94. The number of rotatable bonds is 4. The Morgan fingerprint density at radius 3 is 2.57 bits per heavy atom. The summed E-state index contributed by atoms with van der Waals surface area (Å²) in [5.41, 5.74) is 7.69. The molecule has 0 spiro atoms. The van der Waals surface area contributed by atoms with Gasteiger partial charge in [-0.2, -0.15) is 0 Å². The number of hydrogen-bond acceptors (Lipinski definition) is 3. The molecular weight excluding hydrogens is 284 g/mol. The molecule has 4 heteroatoms. The van der Waals surface area contributed by atoms with Gasteiger partial charge in [0.05, 0.1) is 0 Å². The van der Waals surface area contributed by atoms with Gasteiger partial charge in [0.15, 0.2) is 0 Å². The van der Waals surface area contributed by atoms with Crippen LogP contribution in [-0.2, 0) is 0 Å². The van der Waals surface area contributed by atoms with Crippen LogP contribution in [0.15, 0.2) is 60.8 Å². The largest absolute Gasteiger partial charge is 0.482 e. The molecule has 0 saturated carbocycles. The van der Waals surface area contributed by atoms with E-state index < -0.39 is 0 Å². The molecule has 0 bridgehead atoms. The molecule has 0 saturated heterocycles. The van der Waals surface area contributed by atoms with Crippen molar-refractivity contribution in [3.63, 3.8) is 0 Å². The van der Waals surface area contributed by atoms with Gasteiger partial charge in [0.25, 0.3) is 0 Å². The zero-order valence-electron chi connectivity index (χ0n) is 11.4. The SMILES string of the molecule is NCC(Oc1cccc2cccnc12)c1ccc(Cl)cc1. The van der Waals surface area contributed by atoms with Crippen LogP contribution in [0.2, 0.25) is 5.02 Å². The van der Waals surface area contributed by atoms with Crippen LogP contribution < -0.4 is 10.5 Å². The molecule has 1 atom stereocenters. The molecule has 3 nitrogen and oxygen atoms in total. The first-order chi connectivity index (χ1) is 10.3. The standard InChI is InChI=1S/C17H15ClN2O/c18-14-8-6-12(7-9-14)16(11-19)21-15-5-1-3-13-4-2-10-20-17(13)15/h1-10,16H,11,19H2. The van der Waals surface area contributed by atoms with E-state index in [0.717, 1.165) is 22.2 Å². The van der Waals surface area contributed by atoms with Gasteiger partial charge < -0.3 is 10.5 Å². The van der Waals surface area contributed by atoms with Crippen LogP contribution in [-0.4, -0.2) is 11.5 Å². The number of ether oxygens (including phenoxy) is 1. The van der Waals surface area contributed by atoms with Crippen LogP contribution in [0, 0.1) is 0 Å². The minimum atomic E-state index is -0.227. The van der Waals surface area contributed by atoms with Crippen molar-refractivity contribution in [1.29, 1.82) is 0 Å². The van der Waals surface area contributed by atoms with Crippen molar-refractivity contribution in [3.8, 4) is 5.75 Å². The molecule has 0 amide bonds. The third-order valence-electron chi connectivity index (χ3n) is 3.32. The average Bonchev–Trinajstić information content (AvgIpc) is 2.54. The summed E-state index contributed by atoms with van der Waals surface area (Å²) < 4.78 is 6.07. The smallest absolute Gasteiger partial charge is 0.146 e. The van der Waals surface area contributed by atoms with Crippen molar-refractivity contribution in [3.05, 3.63) is 71.4 Å². The van der Waals surface area contributed by atoms with Crippen molar-refractivity contribution < 1.29 is 4.74 Å². The van der Waals surface area contributed by atoms with E-state index in [0.29, 0.717) is 11.6 Å². The van der Waals surface area contributed by atoms with Crippen LogP contribution in [0.4, 0.5) is 0 Å². The lowest BCUT2D eigenvalue weighted by Gasteiger charge is -2.18. The lowest BCUT2D eigenvalue weighted by molar-refractivity contribution is 0.216. The van der Waals surface area contributed by atoms with Crippen LogP contribution in [0.5, 0.6) is 5.75 Å². The van der Waals surface area contributed by atoms with E-state index in [-0.39, 0.29) is 6.10 Å². The molecule has 0 fully saturated rings. The summed E-state index contributed by atoms with van der Waals surface area (Å²) >= 11 is 5.92. The molecule has 1 aromatic heterocycles. The van der Waals surface area contributed by atoms with Crippen molar-refractivity contribution in [1.82, 2.24) is 4.98 Å². The maximum absolute atomic E-state index is 6.07. The predicted molar refractivity (Wildman–Crippen MR) is 85.6 cm³/mol. The molecule has 2 aromatic carbocycles. The summed E-state index contributed by atoms with van der Waals surface area (Å²) in [6, 6.07) is 17.3. The Labute approximate surface area is 128 Å². The van der Waals surface area contributed by atoms with Crippen LogP contribution in [0.3, 0.4) is 0 Å². The number of nitrogens with zero attached hydrogens (tertiary/aromatic N) is 1.